The number of benzene rings is 2. The minimum atomic E-state index is -0.318. The highest BCUT2D eigenvalue weighted by Crippen LogP contribution is 2.37. The molecule has 1 saturated heterocycles. The summed E-state index contributed by atoms with van der Waals surface area (Å²) in [6, 6.07) is 17.6. The van der Waals surface area contributed by atoms with Gasteiger partial charge in [0, 0.05) is 23.7 Å². The van der Waals surface area contributed by atoms with Crippen LogP contribution in [0.2, 0.25) is 0 Å². The Hall–Kier alpha value is -3.03. The second kappa shape index (κ2) is 9.22. The molecular formula is C25H26N2O4S. The molecule has 0 bridgehead atoms. The van der Waals surface area contributed by atoms with E-state index in [4.69, 9.17) is 14.2 Å². The highest BCUT2D eigenvalue weighted by atomic mass is 32.1. The molecule has 0 spiro atoms. The third kappa shape index (κ3) is 4.18. The number of methoxy groups -OCH3 is 1. The van der Waals surface area contributed by atoms with E-state index >= 15 is 0 Å². The summed E-state index contributed by atoms with van der Waals surface area (Å²) in [5, 5.41) is 5.58. The molecule has 2 aromatic carbocycles. The van der Waals surface area contributed by atoms with Crippen molar-refractivity contribution in [2.45, 2.75) is 31.7 Å². The zero-order chi connectivity index (χ0) is 21.9. The molecule has 0 unspecified atom stereocenters. The number of fused-ring (bicyclic) bond motifs is 1. The molecular weight excluding hydrogens is 424 g/mol. The monoisotopic (exact) mass is 450 g/mol. The van der Waals surface area contributed by atoms with Crippen LogP contribution in [0, 0.1) is 0 Å². The van der Waals surface area contributed by atoms with E-state index in [0.717, 1.165) is 35.6 Å². The van der Waals surface area contributed by atoms with E-state index in [0.29, 0.717) is 30.2 Å². The average Bonchev–Trinajstić information content (AvgIpc) is 3.54. The number of ether oxygens (including phenoxy) is 3. The molecule has 32 heavy (non-hydrogen) atoms. The standard InChI is InChI=1S/C25H26N2O4S/c1-29-23-14-17(10-11-22(23)31-16-19-7-5-13-32-19)24-26-21-9-3-2-8-20(21)25(28)27(24)15-18-6-4-12-30-18/h2-3,5,7-11,13-14,18,24,26H,4,6,12,15-16H2,1H3/t18-,24+/m1/s1. The number of thiophene rings is 1. The molecule has 0 radical (unpaired) electrons. The number of rotatable bonds is 7. The van der Waals surface area contributed by atoms with Gasteiger partial charge < -0.3 is 24.4 Å². The summed E-state index contributed by atoms with van der Waals surface area (Å²) in [7, 11) is 1.63. The van der Waals surface area contributed by atoms with E-state index in [9.17, 15) is 4.79 Å². The first-order valence-corrected chi connectivity index (χ1v) is 11.7. The third-order valence-electron chi connectivity index (χ3n) is 5.90. The van der Waals surface area contributed by atoms with Crippen molar-refractivity contribution in [1.82, 2.24) is 4.90 Å². The van der Waals surface area contributed by atoms with Gasteiger partial charge in [-0.15, -0.1) is 11.3 Å². The first kappa shape index (κ1) is 20.8. The van der Waals surface area contributed by atoms with Gasteiger partial charge in [-0.05, 0) is 54.1 Å². The van der Waals surface area contributed by atoms with Crippen LogP contribution in [0.15, 0.2) is 60.0 Å². The zero-order valence-corrected chi connectivity index (χ0v) is 18.8. The van der Waals surface area contributed by atoms with Crippen molar-refractivity contribution in [3.63, 3.8) is 0 Å². The predicted octanol–water partition coefficient (Wildman–Crippen LogP) is 5.08. The summed E-state index contributed by atoms with van der Waals surface area (Å²) < 4.78 is 17.5. The van der Waals surface area contributed by atoms with Crippen LogP contribution < -0.4 is 14.8 Å². The van der Waals surface area contributed by atoms with Gasteiger partial charge in [-0.2, -0.15) is 0 Å². The lowest BCUT2D eigenvalue weighted by Gasteiger charge is -2.39. The lowest BCUT2D eigenvalue weighted by molar-refractivity contribution is 0.0426. The van der Waals surface area contributed by atoms with Crippen molar-refractivity contribution < 1.29 is 19.0 Å². The van der Waals surface area contributed by atoms with Gasteiger partial charge in [-0.25, -0.2) is 0 Å². The van der Waals surface area contributed by atoms with Crippen molar-refractivity contribution in [2.75, 3.05) is 25.6 Å². The molecule has 1 fully saturated rings. The summed E-state index contributed by atoms with van der Waals surface area (Å²) in [6.45, 7) is 1.79. The number of amides is 1. The van der Waals surface area contributed by atoms with Gasteiger partial charge in [0.05, 0.1) is 18.8 Å². The van der Waals surface area contributed by atoms with Crippen LogP contribution in [0.4, 0.5) is 5.69 Å². The van der Waals surface area contributed by atoms with Gasteiger partial charge >= 0.3 is 0 Å². The molecule has 5 rings (SSSR count). The molecule has 2 aliphatic rings. The number of nitrogens with one attached hydrogen (secondary N) is 1. The van der Waals surface area contributed by atoms with E-state index < -0.39 is 0 Å². The molecule has 166 valence electrons. The van der Waals surface area contributed by atoms with Crippen LogP contribution in [0.5, 0.6) is 11.5 Å². The third-order valence-corrected chi connectivity index (χ3v) is 6.75. The molecule has 1 N–H and O–H groups in total. The topological polar surface area (TPSA) is 60.0 Å². The summed E-state index contributed by atoms with van der Waals surface area (Å²) >= 11 is 1.66. The molecule has 3 heterocycles. The van der Waals surface area contributed by atoms with Crippen LogP contribution >= 0.6 is 11.3 Å². The van der Waals surface area contributed by atoms with Gasteiger partial charge in [0.25, 0.3) is 5.91 Å². The summed E-state index contributed by atoms with van der Waals surface area (Å²) in [4.78, 5) is 16.4. The number of hydrogen-bond donors (Lipinski definition) is 1. The Morgan fingerprint density at radius 2 is 2.06 bits per heavy atom. The highest BCUT2D eigenvalue weighted by molar-refractivity contribution is 7.09. The van der Waals surface area contributed by atoms with Crippen molar-refractivity contribution >= 4 is 22.9 Å². The molecule has 2 aliphatic heterocycles. The Balaban J connectivity index is 1.44. The molecule has 3 aromatic rings. The number of carbonyl (C=O) groups is 1. The van der Waals surface area contributed by atoms with Gasteiger partial charge in [-0.3, -0.25) is 4.79 Å². The fourth-order valence-corrected chi connectivity index (χ4v) is 4.89. The van der Waals surface area contributed by atoms with Crippen LogP contribution in [0.1, 0.15) is 39.8 Å². The predicted molar refractivity (Wildman–Crippen MR) is 124 cm³/mol. The lowest BCUT2D eigenvalue weighted by atomic mass is 10.0. The Bertz CT molecular complexity index is 1080. The van der Waals surface area contributed by atoms with E-state index in [1.165, 1.54) is 0 Å². The largest absolute Gasteiger partial charge is 0.493 e. The van der Waals surface area contributed by atoms with Crippen LogP contribution in [0.3, 0.4) is 0 Å². The number of carbonyl (C=O) groups excluding carboxylic acids is 1. The second-order valence-electron chi connectivity index (χ2n) is 7.96. The Morgan fingerprint density at radius 1 is 1.16 bits per heavy atom. The fraction of sp³-hybridized carbons (Fsp3) is 0.320. The molecule has 1 amide bonds. The Kier molecular flexibility index (Phi) is 6.01. The van der Waals surface area contributed by atoms with Gasteiger partial charge in [0.2, 0.25) is 0 Å². The van der Waals surface area contributed by atoms with Crippen molar-refractivity contribution in [3.8, 4) is 11.5 Å². The average molecular weight is 451 g/mol. The minimum absolute atomic E-state index is 0.0110. The van der Waals surface area contributed by atoms with Crippen molar-refractivity contribution in [2.24, 2.45) is 0 Å². The number of para-hydroxylation sites is 1. The number of anilines is 1. The maximum atomic E-state index is 13.4. The van der Waals surface area contributed by atoms with Gasteiger partial charge in [-0.1, -0.05) is 24.3 Å². The smallest absolute Gasteiger partial charge is 0.257 e. The SMILES string of the molecule is COc1cc([C@H]2Nc3ccccc3C(=O)N2C[C@H]2CCCO2)ccc1OCc1cccs1. The zero-order valence-electron chi connectivity index (χ0n) is 18.0. The molecule has 6 nitrogen and oxygen atoms in total. The summed E-state index contributed by atoms with van der Waals surface area (Å²) in [5.74, 6) is 1.33. The second-order valence-corrected chi connectivity index (χ2v) is 9.00. The fourth-order valence-electron chi connectivity index (χ4n) is 4.27. The lowest BCUT2D eigenvalue weighted by Crippen LogP contribution is -2.46. The molecule has 7 heteroatoms. The first-order chi connectivity index (χ1) is 15.7. The molecule has 1 aromatic heterocycles. The van der Waals surface area contributed by atoms with E-state index in [1.54, 1.807) is 18.4 Å². The summed E-state index contributed by atoms with van der Waals surface area (Å²) in [5.41, 5.74) is 2.46. The van der Waals surface area contributed by atoms with Gasteiger partial charge in [0.1, 0.15) is 12.8 Å². The van der Waals surface area contributed by atoms with Crippen LogP contribution in [-0.4, -0.2) is 37.2 Å². The number of nitrogens with zero attached hydrogens (tertiary/aromatic N) is 1. The maximum Gasteiger partial charge on any atom is 0.257 e. The van der Waals surface area contributed by atoms with Crippen LogP contribution in [-0.2, 0) is 11.3 Å². The minimum Gasteiger partial charge on any atom is -0.493 e. The summed E-state index contributed by atoms with van der Waals surface area (Å²) in [6.07, 6.45) is 1.74. The van der Waals surface area contributed by atoms with Crippen molar-refractivity contribution in [1.29, 1.82) is 0 Å². The van der Waals surface area contributed by atoms with Gasteiger partial charge in [0.15, 0.2) is 11.5 Å². The number of hydrogen-bond acceptors (Lipinski definition) is 6. The van der Waals surface area contributed by atoms with E-state index in [-0.39, 0.29) is 18.2 Å². The molecule has 2 atom stereocenters. The normalized spacial score (nSPS) is 20.0. The van der Waals surface area contributed by atoms with E-state index in [1.807, 2.05) is 64.9 Å². The molecule has 0 saturated carbocycles. The Morgan fingerprint density at radius 3 is 2.84 bits per heavy atom. The molecule has 0 aliphatic carbocycles. The highest BCUT2D eigenvalue weighted by Gasteiger charge is 2.35. The Labute approximate surface area is 191 Å². The maximum absolute atomic E-state index is 13.4. The van der Waals surface area contributed by atoms with Crippen LogP contribution in [0.25, 0.3) is 0 Å². The van der Waals surface area contributed by atoms with Crippen molar-refractivity contribution in [3.05, 3.63) is 76.0 Å². The van der Waals surface area contributed by atoms with E-state index in [2.05, 4.69) is 5.32 Å². The first-order valence-electron chi connectivity index (χ1n) is 10.8. The quantitative estimate of drug-likeness (QED) is 0.544.